The van der Waals surface area contributed by atoms with Gasteiger partial charge < -0.3 is 10.1 Å². The summed E-state index contributed by atoms with van der Waals surface area (Å²) in [6, 6.07) is 12.5. The predicted octanol–water partition coefficient (Wildman–Crippen LogP) is 2.75. The van der Waals surface area contributed by atoms with E-state index in [-0.39, 0.29) is 18.8 Å². The molecule has 1 N–H and O–H groups in total. The van der Waals surface area contributed by atoms with Crippen molar-refractivity contribution in [3.8, 4) is 5.75 Å². The van der Waals surface area contributed by atoms with E-state index in [2.05, 4.69) is 5.32 Å². The molecule has 0 aliphatic carbocycles. The molecule has 8 heteroatoms. The highest BCUT2D eigenvalue weighted by molar-refractivity contribution is 6.07. The number of carbonyl (C=O) groups is 2. The van der Waals surface area contributed by atoms with E-state index in [9.17, 15) is 19.7 Å². The van der Waals surface area contributed by atoms with E-state index in [1.807, 2.05) is 31.2 Å². The summed E-state index contributed by atoms with van der Waals surface area (Å²) >= 11 is 0. The van der Waals surface area contributed by atoms with E-state index in [1.54, 1.807) is 6.92 Å². The fraction of sp³-hybridized carbons (Fsp3) is 0.263. The number of nitrogens with one attached hydrogen (secondary N) is 1. The number of amides is 3. The maximum atomic E-state index is 12.8. The largest absolute Gasteiger partial charge is 0.492 e. The highest BCUT2D eigenvalue weighted by atomic mass is 16.6. The fourth-order valence-electron chi connectivity index (χ4n) is 2.90. The number of benzene rings is 2. The molecule has 1 saturated heterocycles. The van der Waals surface area contributed by atoms with Crippen molar-refractivity contribution in [3.05, 3.63) is 69.8 Å². The van der Waals surface area contributed by atoms with E-state index in [0.717, 1.165) is 10.5 Å². The Morgan fingerprint density at radius 3 is 2.33 bits per heavy atom. The van der Waals surface area contributed by atoms with Gasteiger partial charge in [0.2, 0.25) is 0 Å². The van der Waals surface area contributed by atoms with Crippen LogP contribution in [0.3, 0.4) is 0 Å². The molecule has 1 atom stereocenters. The van der Waals surface area contributed by atoms with Crippen molar-refractivity contribution in [2.75, 3.05) is 13.2 Å². The second-order valence-corrected chi connectivity index (χ2v) is 6.48. The number of nitro groups is 1. The number of nitrogens with zero attached hydrogens (tertiary/aromatic N) is 2. The van der Waals surface area contributed by atoms with Crippen LogP contribution in [0.4, 0.5) is 10.5 Å². The average Bonchev–Trinajstić information content (AvgIpc) is 2.87. The van der Waals surface area contributed by atoms with Crippen molar-refractivity contribution in [2.24, 2.45) is 0 Å². The van der Waals surface area contributed by atoms with Crippen LogP contribution < -0.4 is 10.1 Å². The lowest BCUT2D eigenvalue weighted by Gasteiger charge is -2.22. The minimum absolute atomic E-state index is 0.0810. The summed E-state index contributed by atoms with van der Waals surface area (Å²) in [5, 5.41) is 13.4. The number of aryl methyl sites for hydroxylation is 1. The van der Waals surface area contributed by atoms with Crippen molar-refractivity contribution in [3.63, 3.8) is 0 Å². The zero-order valence-corrected chi connectivity index (χ0v) is 15.0. The van der Waals surface area contributed by atoms with Gasteiger partial charge in [-0.3, -0.25) is 19.8 Å². The molecule has 0 bridgehead atoms. The fourth-order valence-corrected chi connectivity index (χ4v) is 2.90. The zero-order chi connectivity index (χ0) is 19.6. The number of ether oxygens (including phenoxy) is 1. The summed E-state index contributed by atoms with van der Waals surface area (Å²) in [4.78, 5) is 36.4. The van der Waals surface area contributed by atoms with E-state index in [1.165, 1.54) is 24.3 Å². The number of nitro benzene ring substituents is 1. The quantitative estimate of drug-likeness (QED) is 0.479. The first-order chi connectivity index (χ1) is 12.8. The predicted molar refractivity (Wildman–Crippen MR) is 97.4 cm³/mol. The lowest BCUT2D eigenvalue weighted by atomic mass is 9.92. The van der Waals surface area contributed by atoms with Crippen LogP contribution in [0.1, 0.15) is 18.1 Å². The molecule has 140 valence electrons. The minimum atomic E-state index is -1.27. The number of hydrogen-bond acceptors (Lipinski definition) is 5. The zero-order valence-electron chi connectivity index (χ0n) is 15.0. The van der Waals surface area contributed by atoms with Crippen LogP contribution in [-0.2, 0) is 10.3 Å². The lowest BCUT2D eigenvalue weighted by Crippen LogP contribution is -2.41. The normalized spacial score (nSPS) is 19.1. The van der Waals surface area contributed by atoms with Gasteiger partial charge >= 0.3 is 6.03 Å². The van der Waals surface area contributed by atoms with Crippen molar-refractivity contribution < 1.29 is 19.2 Å². The van der Waals surface area contributed by atoms with Gasteiger partial charge in [0.15, 0.2) is 0 Å². The number of non-ortho nitro benzene ring substituents is 1. The van der Waals surface area contributed by atoms with Crippen LogP contribution in [0.2, 0.25) is 0 Å². The van der Waals surface area contributed by atoms with Gasteiger partial charge in [-0.1, -0.05) is 17.7 Å². The summed E-state index contributed by atoms with van der Waals surface area (Å²) in [6.07, 6.45) is 0. The number of rotatable bonds is 6. The summed E-state index contributed by atoms with van der Waals surface area (Å²) in [7, 11) is 0. The standard InChI is InChI=1S/C19H19N3O5/c1-13-3-9-16(10-4-13)27-12-11-21-17(23)19(2,20-18(21)24)14-5-7-15(8-6-14)22(25)26/h3-10H,11-12H2,1-2H3,(H,20,24). The van der Waals surface area contributed by atoms with E-state index in [0.29, 0.717) is 11.3 Å². The Morgan fingerprint density at radius 1 is 1.11 bits per heavy atom. The molecule has 1 aliphatic heterocycles. The molecule has 0 aromatic heterocycles. The average molecular weight is 369 g/mol. The van der Waals surface area contributed by atoms with Gasteiger partial charge in [-0.25, -0.2) is 4.79 Å². The SMILES string of the molecule is Cc1ccc(OCCN2C(=O)NC(C)(c3ccc([N+](=O)[O-])cc3)C2=O)cc1. The Bertz CT molecular complexity index is 879. The van der Waals surface area contributed by atoms with Crippen molar-refractivity contribution in [2.45, 2.75) is 19.4 Å². The first kappa shape index (κ1) is 18.4. The van der Waals surface area contributed by atoms with Crippen molar-refractivity contribution in [1.82, 2.24) is 10.2 Å². The number of urea groups is 1. The topological polar surface area (TPSA) is 102 Å². The van der Waals surface area contributed by atoms with Gasteiger partial charge in [-0.2, -0.15) is 0 Å². The van der Waals surface area contributed by atoms with Crippen LogP contribution in [0, 0.1) is 17.0 Å². The minimum Gasteiger partial charge on any atom is -0.492 e. The third kappa shape index (κ3) is 3.59. The van der Waals surface area contributed by atoms with E-state index < -0.39 is 22.4 Å². The van der Waals surface area contributed by atoms with Crippen LogP contribution in [0.15, 0.2) is 48.5 Å². The summed E-state index contributed by atoms with van der Waals surface area (Å²) < 4.78 is 5.59. The highest BCUT2D eigenvalue weighted by Crippen LogP contribution is 2.29. The van der Waals surface area contributed by atoms with Crippen LogP contribution in [0.5, 0.6) is 5.75 Å². The Kier molecular flexibility index (Phi) is 4.81. The molecular weight excluding hydrogens is 350 g/mol. The molecule has 8 nitrogen and oxygen atoms in total. The molecule has 1 heterocycles. The Balaban J connectivity index is 1.68. The number of imide groups is 1. The Morgan fingerprint density at radius 2 is 1.74 bits per heavy atom. The van der Waals surface area contributed by atoms with E-state index >= 15 is 0 Å². The van der Waals surface area contributed by atoms with Gasteiger partial charge in [-0.05, 0) is 43.7 Å². The maximum absolute atomic E-state index is 12.8. The van der Waals surface area contributed by atoms with Gasteiger partial charge in [0.1, 0.15) is 17.9 Å². The van der Waals surface area contributed by atoms with Crippen LogP contribution in [0.25, 0.3) is 0 Å². The molecule has 3 amide bonds. The lowest BCUT2D eigenvalue weighted by molar-refractivity contribution is -0.384. The first-order valence-corrected chi connectivity index (χ1v) is 8.40. The van der Waals surface area contributed by atoms with Crippen LogP contribution in [-0.4, -0.2) is 34.9 Å². The first-order valence-electron chi connectivity index (χ1n) is 8.40. The van der Waals surface area contributed by atoms with E-state index in [4.69, 9.17) is 4.74 Å². The summed E-state index contributed by atoms with van der Waals surface area (Å²) in [6.45, 7) is 3.81. The Labute approximate surface area is 155 Å². The van der Waals surface area contributed by atoms with Crippen molar-refractivity contribution in [1.29, 1.82) is 0 Å². The third-order valence-electron chi connectivity index (χ3n) is 4.54. The monoisotopic (exact) mass is 369 g/mol. The van der Waals surface area contributed by atoms with Crippen molar-refractivity contribution >= 4 is 17.6 Å². The van der Waals surface area contributed by atoms with Gasteiger partial charge in [-0.15, -0.1) is 0 Å². The Hall–Kier alpha value is -3.42. The molecule has 0 radical (unpaired) electrons. The molecule has 1 fully saturated rings. The number of carbonyl (C=O) groups excluding carboxylic acids is 2. The molecule has 1 unspecified atom stereocenters. The smallest absolute Gasteiger partial charge is 0.325 e. The summed E-state index contributed by atoms with van der Waals surface area (Å²) in [5.74, 6) is 0.236. The third-order valence-corrected chi connectivity index (χ3v) is 4.54. The highest BCUT2D eigenvalue weighted by Gasteiger charge is 2.48. The molecule has 2 aromatic rings. The second kappa shape index (κ2) is 7.06. The summed E-state index contributed by atoms with van der Waals surface area (Å²) in [5.41, 5.74) is 0.238. The number of hydrogen-bond donors (Lipinski definition) is 1. The maximum Gasteiger partial charge on any atom is 0.325 e. The van der Waals surface area contributed by atoms with Gasteiger partial charge in [0, 0.05) is 12.1 Å². The van der Waals surface area contributed by atoms with Gasteiger partial charge in [0.05, 0.1) is 11.5 Å². The molecular formula is C19H19N3O5. The molecule has 1 aliphatic rings. The molecule has 0 saturated carbocycles. The van der Waals surface area contributed by atoms with Crippen LogP contribution >= 0.6 is 0 Å². The van der Waals surface area contributed by atoms with Gasteiger partial charge in [0.25, 0.3) is 11.6 Å². The molecule has 0 spiro atoms. The molecule has 2 aromatic carbocycles. The molecule has 3 rings (SSSR count). The molecule has 27 heavy (non-hydrogen) atoms. The second-order valence-electron chi connectivity index (χ2n) is 6.48.